The van der Waals surface area contributed by atoms with Gasteiger partial charge in [-0.05, 0) is 58.7 Å². The Labute approximate surface area is 280 Å². The molecule has 246 valence electrons. The molecule has 0 bridgehead atoms. The van der Waals surface area contributed by atoms with Gasteiger partial charge in [0.25, 0.3) is 0 Å². The van der Waals surface area contributed by atoms with Gasteiger partial charge in [0, 0.05) is 13.4 Å². The average molecular weight is 668 g/mol. The molecule has 0 N–H and O–H groups in total. The summed E-state index contributed by atoms with van der Waals surface area (Å²) in [5, 5.41) is 2.91. The van der Waals surface area contributed by atoms with Gasteiger partial charge in [-0.2, -0.15) is 0 Å². The summed E-state index contributed by atoms with van der Waals surface area (Å²) in [6.45, 7) is 10.5. The van der Waals surface area contributed by atoms with Crippen LogP contribution in [-0.2, 0) is 25.4 Å². The van der Waals surface area contributed by atoms with Crippen LogP contribution in [-0.4, -0.2) is 50.3 Å². The molecule has 1 aliphatic rings. The first-order valence-electron chi connectivity index (χ1n) is 16.1. The van der Waals surface area contributed by atoms with Crippen LogP contribution in [0.1, 0.15) is 33.3 Å². The predicted octanol–water partition coefficient (Wildman–Crippen LogP) is 6.73. The maximum Gasteiger partial charge on any atom is 0.356 e. The molecule has 1 fully saturated rings. The lowest BCUT2D eigenvalue weighted by Gasteiger charge is -2.47. The first kappa shape index (κ1) is 34.4. The lowest BCUT2D eigenvalue weighted by Crippen LogP contribution is -2.63. The van der Waals surface area contributed by atoms with Crippen LogP contribution in [0.5, 0.6) is 5.75 Å². The standard InChI is InChI=1S/C39H46NO5PSi/c1-29(45-47(6,7)39(2,3)4)35-27-40(36(35)41)37(38(42)44-28-30-23-25-31(43-5)26-24-30)46(32-17-11-8-12-18-32,33-19-13-9-14-20-33)34-21-15-10-16-22-34/h8-26,29,35H,27-28H2,1-7H3/t29-,35-/m1/s1. The molecule has 1 amide bonds. The van der Waals surface area contributed by atoms with Crippen molar-refractivity contribution in [1.29, 1.82) is 0 Å². The Morgan fingerprint density at radius 2 is 1.30 bits per heavy atom. The molecule has 1 saturated heterocycles. The zero-order valence-corrected chi connectivity index (χ0v) is 30.4. The monoisotopic (exact) mass is 667 g/mol. The van der Waals surface area contributed by atoms with Gasteiger partial charge in [0.05, 0.1) is 19.1 Å². The molecular formula is C39H46NO5PSi. The SMILES string of the molecule is COc1ccc(COC(=O)C(N2C[C@H]([C@@H](C)O[Si](C)(C)C(C)(C)C)C2=O)=P(c2ccccc2)(c2ccccc2)c2ccccc2)cc1. The predicted molar refractivity (Wildman–Crippen MR) is 196 cm³/mol. The van der Waals surface area contributed by atoms with Gasteiger partial charge in [-0.25, -0.2) is 4.79 Å². The number of β-lactam (4-membered cyclic amide) rings is 1. The van der Waals surface area contributed by atoms with Crippen LogP contribution in [0.3, 0.4) is 0 Å². The van der Waals surface area contributed by atoms with Gasteiger partial charge in [-0.15, -0.1) is 0 Å². The molecule has 6 nitrogen and oxygen atoms in total. The maximum atomic E-state index is 14.7. The number of hydrogen-bond acceptors (Lipinski definition) is 5. The molecule has 4 aromatic rings. The Morgan fingerprint density at radius 3 is 1.70 bits per heavy atom. The Kier molecular flexibility index (Phi) is 10.3. The van der Waals surface area contributed by atoms with E-state index in [0.29, 0.717) is 12.0 Å². The van der Waals surface area contributed by atoms with Crippen molar-refractivity contribution in [1.82, 2.24) is 4.90 Å². The highest BCUT2D eigenvalue weighted by Gasteiger charge is 2.50. The van der Waals surface area contributed by atoms with Gasteiger partial charge in [-0.3, -0.25) is 4.79 Å². The summed E-state index contributed by atoms with van der Waals surface area (Å²) < 4.78 is 18.2. The van der Waals surface area contributed by atoms with E-state index in [1.807, 2.05) is 85.8 Å². The Balaban J connectivity index is 1.69. The van der Waals surface area contributed by atoms with Gasteiger partial charge in [-0.1, -0.05) is 124 Å². The van der Waals surface area contributed by atoms with Gasteiger partial charge in [0.1, 0.15) is 17.8 Å². The maximum absolute atomic E-state index is 14.7. The lowest BCUT2D eigenvalue weighted by atomic mass is 9.93. The van der Waals surface area contributed by atoms with Crippen molar-refractivity contribution < 1.29 is 23.5 Å². The normalized spacial score (nSPS) is 15.9. The summed E-state index contributed by atoms with van der Waals surface area (Å²) in [5.74, 6) is -0.256. The average Bonchev–Trinajstić information content (AvgIpc) is 3.07. The number of carbonyl (C=O) groups excluding carboxylic acids is 2. The largest absolute Gasteiger partial charge is 0.497 e. The topological polar surface area (TPSA) is 65.1 Å². The van der Waals surface area contributed by atoms with Crippen LogP contribution in [0.15, 0.2) is 115 Å². The van der Waals surface area contributed by atoms with Crippen molar-refractivity contribution in [2.45, 2.75) is 58.5 Å². The number of benzene rings is 4. The number of esters is 1. The highest BCUT2D eigenvalue weighted by molar-refractivity contribution is 7.96. The number of nitrogens with zero attached hydrogens (tertiary/aromatic N) is 1. The summed E-state index contributed by atoms with van der Waals surface area (Å²) in [4.78, 5) is 30.8. The van der Waals surface area contributed by atoms with E-state index in [9.17, 15) is 9.59 Å². The van der Waals surface area contributed by atoms with E-state index in [2.05, 4.69) is 70.3 Å². The Bertz CT molecular complexity index is 1630. The van der Waals surface area contributed by atoms with E-state index >= 15 is 0 Å². The van der Waals surface area contributed by atoms with E-state index < -0.39 is 21.2 Å². The molecule has 0 unspecified atom stereocenters. The third-order valence-electron chi connectivity index (χ3n) is 9.53. The third-order valence-corrected chi connectivity index (χ3v) is 18.4. The molecule has 4 aromatic carbocycles. The second-order valence-corrected chi connectivity index (χ2v) is 21.6. The summed E-state index contributed by atoms with van der Waals surface area (Å²) in [6.07, 6.45) is -0.283. The van der Waals surface area contributed by atoms with Crippen LogP contribution in [0.2, 0.25) is 18.1 Å². The number of ether oxygens (including phenoxy) is 2. The van der Waals surface area contributed by atoms with Crippen molar-refractivity contribution >= 4 is 48.4 Å². The Hall–Kier alpha value is -3.90. The second kappa shape index (κ2) is 14.1. The minimum Gasteiger partial charge on any atom is -0.497 e. The van der Waals surface area contributed by atoms with Crippen LogP contribution >= 0.6 is 6.89 Å². The number of likely N-dealkylation sites (tertiary alicyclic amines) is 1. The number of rotatable bonds is 11. The second-order valence-electron chi connectivity index (χ2n) is 13.6. The van der Waals surface area contributed by atoms with E-state index in [1.165, 1.54) is 0 Å². The summed E-state index contributed by atoms with van der Waals surface area (Å²) >= 11 is 0. The summed E-state index contributed by atoms with van der Waals surface area (Å²) in [7, 11) is -0.520. The van der Waals surface area contributed by atoms with Gasteiger partial charge in [0.15, 0.2) is 8.32 Å². The van der Waals surface area contributed by atoms with E-state index in [0.717, 1.165) is 27.2 Å². The molecule has 47 heavy (non-hydrogen) atoms. The quantitative estimate of drug-likeness (QED) is 0.0769. The zero-order chi connectivity index (χ0) is 33.8. The first-order valence-corrected chi connectivity index (χ1v) is 20.8. The van der Waals surface area contributed by atoms with E-state index in [1.54, 1.807) is 12.0 Å². The van der Waals surface area contributed by atoms with E-state index in [-0.39, 0.29) is 29.6 Å². The lowest BCUT2D eigenvalue weighted by molar-refractivity contribution is -0.149. The zero-order valence-electron chi connectivity index (χ0n) is 28.5. The molecular weight excluding hydrogens is 621 g/mol. The molecule has 0 spiro atoms. The van der Waals surface area contributed by atoms with Crippen molar-refractivity contribution in [2.24, 2.45) is 5.92 Å². The van der Waals surface area contributed by atoms with Crippen molar-refractivity contribution in [2.75, 3.05) is 13.7 Å². The molecule has 8 heteroatoms. The molecule has 0 radical (unpaired) electrons. The van der Waals surface area contributed by atoms with Crippen LogP contribution in [0.25, 0.3) is 0 Å². The highest BCUT2D eigenvalue weighted by Crippen LogP contribution is 2.49. The number of carbonyl (C=O) groups is 2. The fourth-order valence-corrected chi connectivity index (χ4v) is 11.7. The van der Waals surface area contributed by atoms with Gasteiger partial charge in [0.2, 0.25) is 5.91 Å². The molecule has 1 aliphatic heterocycles. The van der Waals surface area contributed by atoms with Crippen LogP contribution in [0, 0.1) is 5.92 Å². The van der Waals surface area contributed by atoms with E-state index in [4.69, 9.17) is 13.9 Å². The van der Waals surface area contributed by atoms with Gasteiger partial charge < -0.3 is 18.8 Å². The van der Waals surface area contributed by atoms with Crippen molar-refractivity contribution in [3.05, 3.63) is 121 Å². The molecule has 0 aromatic heterocycles. The van der Waals surface area contributed by atoms with Crippen LogP contribution < -0.4 is 20.7 Å². The fraction of sp³-hybridized carbons (Fsp3) is 0.308. The number of methoxy groups -OCH3 is 1. The summed E-state index contributed by atoms with van der Waals surface area (Å²) in [6, 6.07) is 37.7. The number of amides is 1. The van der Waals surface area contributed by atoms with Crippen molar-refractivity contribution in [3.63, 3.8) is 0 Å². The van der Waals surface area contributed by atoms with Gasteiger partial charge >= 0.3 is 5.97 Å². The summed E-state index contributed by atoms with van der Waals surface area (Å²) in [5.41, 5.74) is 1.21. The minimum atomic E-state index is -2.94. The smallest absolute Gasteiger partial charge is 0.356 e. The van der Waals surface area contributed by atoms with Crippen molar-refractivity contribution in [3.8, 4) is 5.75 Å². The molecule has 2 atom stereocenters. The third kappa shape index (κ3) is 6.89. The molecule has 1 heterocycles. The fourth-order valence-electron chi connectivity index (χ4n) is 5.85. The molecule has 5 rings (SSSR count). The first-order chi connectivity index (χ1) is 22.4. The van der Waals surface area contributed by atoms with Crippen LogP contribution in [0.4, 0.5) is 0 Å². The molecule has 0 saturated carbocycles. The highest BCUT2D eigenvalue weighted by atomic mass is 31.2. The Morgan fingerprint density at radius 1 is 0.830 bits per heavy atom. The molecule has 0 aliphatic carbocycles. The number of hydrogen-bond donors (Lipinski definition) is 0. The minimum absolute atomic E-state index is 0.00486.